The highest BCUT2D eigenvalue weighted by atomic mass is 16.8. The zero-order valence-corrected chi connectivity index (χ0v) is 13.0. The summed E-state index contributed by atoms with van der Waals surface area (Å²) in [7, 11) is 8.46. The van der Waals surface area contributed by atoms with Gasteiger partial charge in [0.15, 0.2) is 0 Å². The number of nitrogens with zero attached hydrogens (tertiary/aromatic N) is 3. The maximum atomic E-state index is 10.8. The van der Waals surface area contributed by atoms with Crippen molar-refractivity contribution in [2.75, 3.05) is 48.3 Å². The Bertz CT molecular complexity index is 327. The number of likely N-dealkylation sites (N-methyl/N-ethyl adjacent to an activating group) is 3. The molecule has 9 heteroatoms. The summed E-state index contributed by atoms with van der Waals surface area (Å²) >= 11 is 0. The van der Waals surface area contributed by atoms with Crippen LogP contribution in [0.5, 0.6) is 0 Å². The van der Waals surface area contributed by atoms with Crippen molar-refractivity contribution in [1.29, 1.82) is 0 Å². The minimum Gasteiger partial charge on any atom is -0.438 e. The van der Waals surface area contributed by atoms with Crippen molar-refractivity contribution in [2.45, 2.75) is 12.1 Å². The van der Waals surface area contributed by atoms with Crippen LogP contribution in [0.25, 0.3) is 0 Å². The van der Waals surface area contributed by atoms with E-state index in [0.717, 1.165) is 0 Å². The van der Waals surface area contributed by atoms with E-state index in [0.29, 0.717) is 13.1 Å². The molecule has 0 aromatic heterocycles. The predicted molar refractivity (Wildman–Crippen MR) is 72.8 cm³/mol. The van der Waals surface area contributed by atoms with E-state index in [1.165, 1.54) is 19.0 Å². The highest BCUT2D eigenvalue weighted by Gasteiger charge is 2.50. The van der Waals surface area contributed by atoms with Gasteiger partial charge in [-0.3, -0.25) is 19.3 Å². The molecule has 0 heterocycles. The second kappa shape index (κ2) is 9.27. The van der Waals surface area contributed by atoms with Gasteiger partial charge in [0, 0.05) is 13.1 Å². The molecule has 1 unspecified atom stereocenters. The molecule has 122 valence electrons. The first-order valence-corrected chi connectivity index (χ1v) is 6.20. The maximum absolute atomic E-state index is 10.8. The second-order valence-corrected chi connectivity index (χ2v) is 4.82. The van der Waals surface area contributed by atoms with Crippen LogP contribution in [0, 0.1) is 0 Å². The summed E-state index contributed by atoms with van der Waals surface area (Å²) in [5.41, 5.74) is 0. The van der Waals surface area contributed by atoms with Crippen LogP contribution in [-0.2, 0) is 28.6 Å². The first kappa shape index (κ1) is 19.3. The molecule has 0 N–H and O–H groups in total. The largest absolute Gasteiger partial charge is 0.438 e. The van der Waals surface area contributed by atoms with Crippen molar-refractivity contribution in [3.63, 3.8) is 0 Å². The molecule has 0 saturated heterocycles. The van der Waals surface area contributed by atoms with Crippen LogP contribution in [0.2, 0.25) is 0 Å². The quantitative estimate of drug-likeness (QED) is 0.317. The zero-order chi connectivity index (χ0) is 16.5. The Morgan fingerprint density at radius 1 is 0.905 bits per heavy atom. The molecule has 0 spiro atoms. The highest BCUT2D eigenvalue weighted by Crippen LogP contribution is 2.24. The first-order valence-electron chi connectivity index (χ1n) is 6.20. The van der Waals surface area contributed by atoms with Gasteiger partial charge in [-0.25, -0.2) is 4.90 Å². The molecule has 0 aromatic rings. The van der Waals surface area contributed by atoms with Gasteiger partial charge >= 0.3 is 5.91 Å². The number of hydrogen-bond acceptors (Lipinski definition) is 9. The van der Waals surface area contributed by atoms with Crippen molar-refractivity contribution >= 4 is 19.4 Å². The molecule has 0 aliphatic rings. The fourth-order valence-corrected chi connectivity index (χ4v) is 1.71. The standard InChI is InChI=1S/C12H23N3O6/c1-13(2)6-7-15(5)11(19-8-16)12(14(3)4,20-9-17)21-10-18/h8-11H,6-7H2,1-5H3. The van der Waals surface area contributed by atoms with Gasteiger partial charge in [0.25, 0.3) is 19.4 Å². The third-order valence-corrected chi connectivity index (χ3v) is 2.85. The molecule has 0 aromatic carbocycles. The topological polar surface area (TPSA) is 88.6 Å². The van der Waals surface area contributed by atoms with Gasteiger partial charge < -0.3 is 19.1 Å². The molecule has 0 radical (unpaired) electrons. The number of rotatable bonds is 12. The van der Waals surface area contributed by atoms with Gasteiger partial charge in [0.2, 0.25) is 6.23 Å². The Balaban J connectivity index is 5.41. The molecule has 0 aliphatic carbocycles. The van der Waals surface area contributed by atoms with Crippen molar-refractivity contribution in [3.8, 4) is 0 Å². The van der Waals surface area contributed by atoms with Crippen LogP contribution < -0.4 is 0 Å². The van der Waals surface area contributed by atoms with E-state index in [2.05, 4.69) is 0 Å². The Morgan fingerprint density at radius 2 is 1.43 bits per heavy atom. The third-order valence-electron chi connectivity index (χ3n) is 2.85. The summed E-state index contributed by atoms with van der Waals surface area (Å²) < 4.78 is 14.8. The summed E-state index contributed by atoms with van der Waals surface area (Å²) in [6, 6.07) is 0. The molecule has 0 fully saturated rings. The number of carbonyl (C=O) groups excluding carboxylic acids is 3. The molecule has 9 nitrogen and oxygen atoms in total. The third kappa shape index (κ3) is 5.29. The summed E-state index contributed by atoms with van der Waals surface area (Å²) in [5, 5.41) is 0. The molecule has 0 rings (SSSR count). The monoisotopic (exact) mass is 305 g/mol. The van der Waals surface area contributed by atoms with Crippen molar-refractivity contribution < 1.29 is 28.6 Å². The van der Waals surface area contributed by atoms with E-state index in [9.17, 15) is 14.4 Å². The van der Waals surface area contributed by atoms with Gasteiger partial charge in [-0.2, -0.15) is 0 Å². The normalized spacial score (nSPS) is 13.1. The van der Waals surface area contributed by atoms with Crippen LogP contribution in [0.3, 0.4) is 0 Å². The van der Waals surface area contributed by atoms with Crippen LogP contribution in [0.15, 0.2) is 0 Å². The highest BCUT2D eigenvalue weighted by molar-refractivity contribution is 5.42. The Labute approximate surface area is 124 Å². The van der Waals surface area contributed by atoms with Gasteiger partial charge in [0.1, 0.15) is 0 Å². The lowest BCUT2D eigenvalue weighted by Crippen LogP contribution is -2.64. The van der Waals surface area contributed by atoms with E-state index in [4.69, 9.17) is 14.2 Å². The summed E-state index contributed by atoms with van der Waals surface area (Å²) in [6.07, 6.45) is -1.12. The average molecular weight is 305 g/mol. The van der Waals surface area contributed by atoms with Gasteiger partial charge in [-0.05, 0) is 35.2 Å². The second-order valence-electron chi connectivity index (χ2n) is 4.82. The van der Waals surface area contributed by atoms with Crippen LogP contribution >= 0.6 is 0 Å². The molecule has 0 saturated carbocycles. The lowest BCUT2D eigenvalue weighted by molar-refractivity contribution is -0.327. The lowest BCUT2D eigenvalue weighted by atomic mass is 10.3. The van der Waals surface area contributed by atoms with E-state index < -0.39 is 12.1 Å². The fourth-order valence-electron chi connectivity index (χ4n) is 1.71. The number of hydrogen-bond donors (Lipinski definition) is 0. The Morgan fingerprint density at radius 3 is 1.76 bits per heavy atom. The van der Waals surface area contributed by atoms with E-state index >= 15 is 0 Å². The van der Waals surface area contributed by atoms with Crippen LogP contribution in [0.4, 0.5) is 0 Å². The first-order chi connectivity index (χ1) is 9.85. The minimum absolute atomic E-state index is 0.129. The smallest absolute Gasteiger partial charge is 0.373 e. The van der Waals surface area contributed by atoms with Crippen LogP contribution in [-0.4, -0.2) is 94.6 Å². The van der Waals surface area contributed by atoms with Crippen LogP contribution in [0.1, 0.15) is 0 Å². The van der Waals surface area contributed by atoms with Crippen molar-refractivity contribution in [2.24, 2.45) is 0 Å². The van der Waals surface area contributed by atoms with E-state index in [1.54, 1.807) is 11.9 Å². The lowest BCUT2D eigenvalue weighted by Gasteiger charge is -2.42. The summed E-state index contributed by atoms with van der Waals surface area (Å²) in [5.74, 6) is -1.87. The maximum Gasteiger partial charge on any atom is 0.373 e. The van der Waals surface area contributed by atoms with Gasteiger partial charge in [0.05, 0.1) is 0 Å². The Hall–Kier alpha value is -1.71. The van der Waals surface area contributed by atoms with E-state index in [1.807, 2.05) is 19.0 Å². The molecular weight excluding hydrogens is 282 g/mol. The van der Waals surface area contributed by atoms with Crippen molar-refractivity contribution in [1.82, 2.24) is 14.7 Å². The van der Waals surface area contributed by atoms with Gasteiger partial charge in [-0.15, -0.1) is 0 Å². The Kier molecular flexibility index (Phi) is 8.51. The molecule has 0 bridgehead atoms. The average Bonchev–Trinajstić information content (AvgIpc) is 2.41. The molecule has 0 aliphatic heterocycles. The number of ether oxygens (including phenoxy) is 3. The molecule has 1 atom stereocenters. The fraction of sp³-hybridized carbons (Fsp3) is 0.750. The number of carbonyl (C=O) groups is 3. The van der Waals surface area contributed by atoms with E-state index in [-0.39, 0.29) is 19.4 Å². The summed E-state index contributed by atoms with van der Waals surface area (Å²) in [6.45, 7) is 1.60. The molecule has 0 amide bonds. The molecule has 21 heavy (non-hydrogen) atoms. The SMILES string of the molecule is CN(C)CCN(C)C(OC=O)C(OC=O)(OC=O)N(C)C. The van der Waals surface area contributed by atoms with Crippen molar-refractivity contribution in [3.05, 3.63) is 0 Å². The molecular formula is C12H23N3O6. The van der Waals surface area contributed by atoms with Gasteiger partial charge in [-0.1, -0.05) is 0 Å². The summed E-state index contributed by atoms with van der Waals surface area (Å²) in [4.78, 5) is 37.2. The minimum atomic E-state index is -1.87. The predicted octanol–water partition coefficient (Wildman–Crippen LogP) is -1.46. The zero-order valence-electron chi connectivity index (χ0n) is 13.0.